The molecule has 1 saturated carbocycles. The predicted molar refractivity (Wildman–Crippen MR) is 92.4 cm³/mol. The van der Waals surface area contributed by atoms with Crippen molar-refractivity contribution in [1.29, 1.82) is 0 Å². The van der Waals surface area contributed by atoms with Gasteiger partial charge < -0.3 is 4.74 Å². The Morgan fingerprint density at radius 2 is 2.00 bits per heavy atom. The molecule has 2 aromatic rings. The molecule has 1 aromatic carbocycles. The Morgan fingerprint density at radius 1 is 1.22 bits per heavy atom. The van der Waals surface area contributed by atoms with Gasteiger partial charge in [0, 0.05) is 23.4 Å². The number of benzene rings is 1. The van der Waals surface area contributed by atoms with Gasteiger partial charge in [-0.05, 0) is 43.4 Å². The van der Waals surface area contributed by atoms with Gasteiger partial charge in [0.05, 0.1) is 12.6 Å². The first-order valence-corrected chi connectivity index (χ1v) is 8.62. The maximum absolute atomic E-state index is 11.8. The third-order valence-electron chi connectivity index (χ3n) is 5.14. The van der Waals surface area contributed by atoms with Crippen molar-refractivity contribution in [3.05, 3.63) is 41.6 Å². The molecule has 1 fully saturated rings. The van der Waals surface area contributed by atoms with Gasteiger partial charge in [-0.15, -0.1) is 0 Å². The van der Waals surface area contributed by atoms with E-state index in [2.05, 4.69) is 31.2 Å². The maximum Gasteiger partial charge on any atom is 0.305 e. The molecule has 1 aliphatic rings. The highest BCUT2D eigenvalue weighted by Crippen LogP contribution is 2.38. The number of para-hydroxylation sites is 1. The van der Waals surface area contributed by atoms with Gasteiger partial charge in [-0.2, -0.15) is 0 Å². The van der Waals surface area contributed by atoms with E-state index in [-0.39, 0.29) is 5.97 Å². The number of rotatable bonds is 3. The van der Waals surface area contributed by atoms with Crippen molar-refractivity contribution in [3.8, 4) is 0 Å². The van der Waals surface area contributed by atoms with Crippen LogP contribution in [0.1, 0.15) is 55.7 Å². The molecular formula is C20H25NO2. The molecule has 1 heterocycles. The zero-order valence-corrected chi connectivity index (χ0v) is 14.0. The van der Waals surface area contributed by atoms with Crippen LogP contribution in [0.25, 0.3) is 10.9 Å². The Kier molecular flexibility index (Phi) is 4.94. The van der Waals surface area contributed by atoms with Crippen LogP contribution in [-0.4, -0.2) is 18.1 Å². The Morgan fingerprint density at radius 3 is 2.83 bits per heavy atom. The highest BCUT2D eigenvalue weighted by molar-refractivity contribution is 5.82. The third kappa shape index (κ3) is 3.54. The summed E-state index contributed by atoms with van der Waals surface area (Å²) < 4.78 is 4.91. The number of aromatic nitrogens is 1. The second-order valence-corrected chi connectivity index (χ2v) is 6.67. The van der Waals surface area contributed by atoms with Crippen molar-refractivity contribution in [2.75, 3.05) is 7.11 Å². The first kappa shape index (κ1) is 16.0. The van der Waals surface area contributed by atoms with Gasteiger partial charge in [-0.1, -0.05) is 37.5 Å². The SMILES string of the molecule is COC(=O)C[C@H]1CCCCC[C@@H]1c1cc(C)c2ccccc2n1. The molecule has 1 aliphatic carbocycles. The van der Waals surface area contributed by atoms with E-state index in [0.29, 0.717) is 18.3 Å². The fourth-order valence-corrected chi connectivity index (χ4v) is 3.88. The summed E-state index contributed by atoms with van der Waals surface area (Å²) in [5.41, 5.74) is 3.48. The molecule has 1 aromatic heterocycles. The van der Waals surface area contributed by atoms with Crippen molar-refractivity contribution in [2.45, 2.75) is 51.4 Å². The second kappa shape index (κ2) is 7.12. The van der Waals surface area contributed by atoms with Crippen LogP contribution in [0.3, 0.4) is 0 Å². The lowest BCUT2D eigenvalue weighted by Gasteiger charge is -2.24. The van der Waals surface area contributed by atoms with E-state index in [1.165, 1.54) is 37.3 Å². The summed E-state index contributed by atoms with van der Waals surface area (Å²) in [4.78, 5) is 16.7. The molecule has 0 unspecified atom stereocenters. The summed E-state index contributed by atoms with van der Waals surface area (Å²) in [7, 11) is 1.48. The third-order valence-corrected chi connectivity index (χ3v) is 5.14. The zero-order valence-electron chi connectivity index (χ0n) is 14.0. The molecule has 23 heavy (non-hydrogen) atoms. The topological polar surface area (TPSA) is 39.2 Å². The van der Waals surface area contributed by atoms with E-state index >= 15 is 0 Å². The van der Waals surface area contributed by atoms with Gasteiger partial charge in [-0.3, -0.25) is 9.78 Å². The normalized spacial score (nSPS) is 21.8. The minimum atomic E-state index is -0.0978. The number of hydrogen-bond donors (Lipinski definition) is 0. The molecule has 0 spiro atoms. The van der Waals surface area contributed by atoms with Crippen LogP contribution in [0.5, 0.6) is 0 Å². The summed E-state index contributed by atoms with van der Waals surface area (Å²) in [6, 6.07) is 10.5. The van der Waals surface area contributed by atoms with Crippen LogP contribution < -0.4 is 0 Å². The number of fused-ring (bicyclic) bond motifs is 1. The standard InChI is InChI=1S/C20H25NO2/c1-14-12-19(21-18-11-7-6-9-16(14)18)17-10-5-3-4-8-15(17)13-20(22)23-2/h6-7,9,11-12,15,17H,3-5,8,10,13H2,1-2H3/t15-,17+/m1/s1. The largest absolute Gasteiger partial charge is 0.469 e. The number of aryl methyl sites for hydroxylation is 1. The number of carbonyl (C=O) groups is 1. The highest BCUT2D eigenvalue weighted by atomic mass is 16.5. The number of ether oxygens (including phenoxy) is 1. The molecule has 0 amide bonds. The van der Waals surface area contributed by atoms with Crippen molar-refractivity contribution < 1.29 is 9.53 Å². The lowest BCUT2D eigenvalue weighted by Crippen LogP contribution is -2.18. The Balaban J connectivity index is 1.97. The van der Waals surface area contributed by atoms with Gasteiger partial charge in [0.1, 0.15) is 0 Å². The molecular weight excluding hydrogens is 286 g/mol. The summed E-state index contributed by atoms with van der Waals surface area (Å²) in [6.07, 6.45) is 6.38. The van der Waals surface area contributed by atoms with Gasteiger partial charge in [0.2, 0.25) is 0 Å². The average molecular weight is 311 g/mol. The Hall–Kier alpha value is -1.90. The van der Waals surface area contributed by atoms with Gasteiger partial charge in [0.15, 0.2) is 0 Å². The zero-order chi connectivity index (χ0) is 16.2. The van der Waals surface area contributed by atoms with E-state index in [1.54, 1.807) is 0 Å². The van der Waals surface area contributed by atoms with Crippen LogP contribution in [-0.2, 0) is 9.53 Å². The summed E-state index contributed by atoms with van der Waals surface area (Å²) >= 11 is 0. The van der Waals surface area contributed by atoms with E-state index in [9.17, 15) is 4.79 Å². The Labute approximate surface area is 138 Å². The van der Waals surface area contributed by atoms with Crippen LogP contribution in [0, 0.1) is 12.8 Å². The molecule has 0 saturated heterocycles. The fraction of sp³-hybridized carbons (Fsp3) is 0.500. The van der Waals surface area contributed by atoms with Gasteiger partial charge >= 0.3 is 5.97 Å². The average Bonchev–Trinajstić information content (AvgIpc) is 2.80. The molecule has 0 bridgehead atoms. The fourth-order valence-electron chi connectivity index (χ4n) is 3.88. The van der Waals surface area contributed by atoms with Gasteiger partial charge in [-0.25, -0.2) is 0 Å². The van der Waals surface area contributed by atoms with E-state index in [1.807, 2.05) is 6.07 Å². The molecule has 0 N–H and O–H groups in total. The lowest BCUT2D eigenvalue weighted by atomic mass is 9.82. The number of nitrogens with zero attached hydrogens (tertiary/aromatic N) is 1. The maximum atomic E-state index is 11.8. The van der Waals surface area contributed by atoms with Crippen LogP contribution >= 0.6 is 0 Å². The van der Waals surface area contributed by atoms with Crippen LogP contribution in [0.15, 0.2) is 30.3 Å². The number of carbonyl (C=O) groups excluding carboxylic acids is 1. The van der Waals surface area contributed by atoms with Crippen molar-refractivity contribution in [1.82, 2.24) is 4.98 Å². The van der Waals surface area contributed by atoms with E-state index in [4.69, 9.17) is 9.72 Å². The van der Waals surface area contributed by atoms with E-state index < -0.39 is 0 Å². The van der Waals surface area contributed by atoms with Crippen molar-refractivity contribution in [3.63, 3.8) is 0 Å². The molecule has 122 valence electrons. The minimum absolute atomic E-state index is 0.0978. The molecule has 0 radical (unpaired) electrons. The first-order chi connectivity index (χ1) is 11.2. The highest BCUT2D eigenvalue weighted by Gasteiger charge is 2.28. The Bertz CT molecular complexity index is 695. The summed E-state index contributed by atoms with van der Waals surface area (Å²) in [5.74, 6) is 0.609. The molecule has 2 atom stereocenters. The quantitative estimate of drug-likeness (QED) is 0.605. The van der Waals surface area contributed by atoms with Crippen LogP contribution in [0.2, 0.25) is 0 Å². The monoisotopic (exact) mass is 311 g/mol. The number of hydrogen-bond acceptors (Lipinski definition) is 3. The smallest absolute Gasteiger partial charge is 0.305 e. The van der Waals surface area contributed by atoms with Gasteiger partial charge in [0.25, 0.3) is 0 Å². The van der Waals surface area contributed by atoms with Crippen LogP contribution in [0.4, 0.5) is 0 Å². The number of esters is 1. The molecule has 3 rings (SSSR count). The first-order valence-electron chi connectivity index (χ1n) is 8.62. The molecule has 3 nitrogen and oxygen atoms in total. The summed E-state index contributed by atoms with van der Waals surface area (Å²) in [6.45, 7) is 2.15. The number of methoxy groups -OCH3 is 1. The second-order valence-electron chi connectivity index (χ2n) is 6.67. The number of pyridine rings is 1. The predicted octanol–water partition coefficient (Wildman–Crippen LogP) is 4.77. The summed E-state index contributed by atoms with van der Waals surface area (Å²) in [5, 5.41) is 1.22. The minimum Gasteiger partial charge on any atom is -0.469 e. The van der Waals surface area contributed by atoms with Crippen molar-refractivity contribution in [2.24, 2.45) is 5.92 Å². The lowest BCUT2D eigenvalue weighted by molar-refractivity contribution is -0.142. The van der Waals surface area contributed by atoms with Crippen molar-refractivity contribution >= 4 is 16.9 Å². The molecule has 0 aliphatic heterocycles. The molecule has 3 heteroatoms. The van der Waals surface area contributed by atoms with E-state index in [0.717, 1.165) is 24.1 Å².